The van der Waals surface area contributed by atoms with Crippen molar-refractivity contribution in [2.24, 2.45) is 0 Å². The molecule has 21 heavy (non-hydrogen) atoms. The Hall–Kier alpha value is -1.34. The topological polar surface area (TPSA) is 29.9 Å². The third-order valence-electron chi connectivity index (χ3n) is 4.12. The molecule has 1 saturated heterocycles. The van der Waals surface area contributed by atoms with E-state index in [2.05, 4.69) is 11.9 Å². The highest BCUT2D eigenvalue weighted by atomic mass is 32.1. The van der Waals surface area contributed by atoms with Crippen molar-refractivity contribution in [2.45, 2.75) is 31.5 Å². The zero-order chi connectivity index (χ0) is 15.3. The second kappa shape index (κ2) is 4.84. The number of aromatic nitrogens is 2. The van der Waals surface area contributed by atoms with Gasteiger partial charge in [-0.05, 0) is 50.2 Å². The summed E-state index contributed by atoms with van der Waals surface area (Å²) in [4.78, 5) is 2.90. The molecule has 0 radical (unpaired) electrons. The van der Waals surface area contributed by atoms with Crippen molar-refractivity contribution >= 4 is 23.3 Å². The summed E-state index contributed by atoms with van der Waals surface area (Å²) < 4.78 is 46.1. The molecule has 0 aliphatic carbocycles. The van der Waals surface area contributed by atoms with Crippen LogP contribution in [0.5, 0.6) is 0 Å². The number of fused-ring (bicyclic) bond motifs is 1. The van der Waals surface area contributed by atoms with Gasteiger partial charge in [-0.1, -0.05) is 0 Å². The lowest BCUT2D eigenvalue weighted by molar-refractivity contribution is -0.137. The van der Waals surface area contributed by atoms with E-state index in [1.165, 1.54) is 6.07 Å². The molecule has 1 aliphatic heterocycles. The number of hydrogen-bond donors (Lipinski definition) is 1. The van der Waals surface area contributed by atoms with E-state index in [0.717, 1.165) is 25.0 Å². The van der Waals surface area contributed by atoms with Gasteiger partial charge in [0.15, 0.2) is 4.77 Å². The number of ether oxygens (including phenoxy) is 1. The van der Waals surface area contributed by atoms with E-state index >= 15 is 0 Å². The fraction of sp³-hybridized carbons (Fsp3) is 0.500. The van der Waals surface area contributed by atoms with Crippen LogP contribution in [0.2, 0.25) is 0 Å². The molecule has 1 aromatic heterocycles. The molecule has 1 aromatic carbocycles. The number of hydrogen-bond acceptors (Lipinski definition) is 2. The van der Waals surface area contributed by atoms with E-state index in [1.807, 2.05) is 4.57 Å². The maximum atomic E-state index is 12.8. The highest BCUT2D eigenvalue weighted by Gasteiger charge is 2.33. The third kappa shape index (κ3) is 2.48. The Balaban J connectivity index is 2.16. The Labute approximate surface area is 124 Å². The van der Waals surface area contributed by atoms with Gasteiger partial charge < -0.3 is 14.3 Å². The largest absolute Gasteiger partial charge is 0.416 e. The minimum atomic E-state index is -4.35. The summed E-state index contributed by atoms with van der Waals surface area (Å²) in [5, 5.41) is 0. The second-order valence-corrected chi connectivity index (χ2v) is 5.99. The summed E-state index contributed by atoms with van der Waals surface area (Å²) in [5.41, 5.74) is 0.225. The Bertz CT molecular complexity index is 726. The Morgan fingerprint density at radius 3 is 2.57 bits per heavy atom. The first kappa shape index (κ1) is 14.6. The van der Waals surface area contributed by atoms with Gasteiger partial charge >= 0.3 is 6.18 Å². The van der Waals surface area contributed by atoms with Gasteiger partial charge in [-0.15, -0.1) is 0 Å². The first-order valence-electron chi connectivity index (χ1n) is 6.71. The van der Waals surface area contributed by atoms with Gasteiger partial charge in [0.25, 0.3) is 0 Å². The summed E-state index contributed by atoms with van der Waals surface area (Å²) in [6.45, 7) is 3.33. The van der Waals surface area contributed by atoms with Crippen LogP contribution in [0.1, 0.15) is 25.3 Å². The second-order valence-electron chi connectivity index (χ2n) is 5.60. The Kier molecular flexibility index (Phi) is 3.37. The fourth-order valence-electron chi connectivity index (χ4n) is 2.86. The lowest BCUT2D eigenvalue weighted by Crippen LogP contribution is -2.36. The van der Waals surface area contributed by atoms with Crippen molar-refractivity contribution in [1.82, 2.24) is 9.55 Å². The maximum absolute atomic E-state index is 12.8. The molecule has 2 heterocycles. The molecule has 0 atom stereocenters. The molecule has 1 aliphatic rings. The minimum Gasteiger partial charge on any atom is -0.381 e. The van der Waals surface area contributed by atoms with Crippen molar-refractivity contribution < 1.29 is 17.9 Å². The Morgan fingerprint density at radius 1 is 1.29 bits per heavy atom. The van der Waals surface area contributed by atoms with Crippen LogP contribution in [0.4, 0.5) is 13.2 Å². The molecule has 7 heteroatoms. The molecule has 2 aromatic rings. The molecule has 0 unspecified atom stereocenters. The van der Waals surface area contributed by atoms with Gasteiger partial charge in [0, 0.05) is 18.8 Å². The number of imidazole rings is 1. The first-order chi connectivity index (χ1) is 9.81. The van der Waals surface area contributed by atoms with Gasteiger partial charge in [-0.3, -0.25) is 0 Å². The van der Waals surface area contributed by atoms with E-state index in [1.54, 1.807) is 0 Å². The van der Waals surface area contributed by atoms with Crippen LogP contribution in [0.15, 0.2) is 18.2 Å². The van der Waals surface area contributed by atoms with Crippen LogP contribution in [0, 0.1) is 4.77 Å². The normalized spacial score (nSPS) is 19.0. The molecule has 0 saturated carbocycles. The first-order valence-corrected chi connectivity index (χ1v) is 7.12. The molecule has 3 rings (SSSR count). The van der Waals surface area contributed by atoms with E-state index in [4.69, 9.17) is 17.0 Å². The van der Waals surface area contributed by atoms with Gasteiger partial charge in [0.05, 0.1) is 16.6 Å². The average molecular weight is 316 g/mol. The van der Waals surface area contributed by atoms with E-state index < -0.39 is 11.7 Å². The van der Waals surface area contributed by atoms with Crippen molar-refractivity contribution in [1.29, 1.82) is 0 Å². The number of halogens is 3. The summed E-state index contributed by atoms with van der Waals surface area (Å²) in [7, 11) is 0. The number of rotatable bonds is 1. The van der Waals surface area contributed by atoms with E-state index in [9.17, 15) is 13.2 Å². The van der Waals surface area contributed by atoms with Crippen LogP contribution in [-0.4, -0.2) is 22.8 Å². The molecule has 0 bridgehead atoms. The van der Waals surface area contributed by atoms with Crippen molar-refractivity contribution in [3.8, 4) is 0 Å². The third-order valence-corrected chi connectivity index (χ3v) is 4.40. The zero-order valence-corrected chi connectivity index (χ0v) is 12.3. The predicted octanol–water partition coefficient (Wildman–Crippen LogP) is 4.24. The van der Waals surface area contributed by atoms with Crippen LogP contribution in [-0.2, 0) is 16.5 Å². The van der Waals surface area contributed by atoms with Crippen molar-refractivity contribution in [2.75, 3.05) is 13.2 Å². The smallest absolute Gasteiger partial charge is 0.381 e. The van der Waals surface area contributed by atoms with Gasteiger partial charge in [0.2, 0.25) is 0 Å². The summed E-state index contributed by atoms with van der Waals surface area (Å²) in [5.74, 6) is 0. The van der Waals surface area contributed by atoms with E-state index in [0.29, 0.717) is 29.0 Å². The molecule has 0 spiro atoms. The molecule has 1 fully saturated rings. The van der Waals surface area contributed by atoms with E-state index in [-0.39, 0.29) is 5.54 Å². The van der Waals surface area contributed by atoms with Gasteiger partial charge in [0.1, 0.15) is 0 Å². The van der Waals surface area contributed by atoms with Gasteiger partial charge in [-0.2, -0.15) is 13.2 Å². The van der Waals surface area contributed by atoms with Crippen LogP contribution in [0.25, 0.3) is 11.0 Å². The molecule has 3 nitrogen and oxygen atoms in total. The Morgan fingerprint density at radius 2 is 1.95 bits per heavy atom. The molecule has 0 amide bonds. The predicted molar refractivity (Wildman–Crippen MR) is 75.8 cm³/mol. The van der Waals surface area contributed by atoms with Crippen LogP contribution in [0.3, 0.4) is 0 Å². The number of benzene rings is 1. The monoisotopic (exact) mass is 316 g/mol. The maximum Gasteiger partial charge on any atom is 0.416 e. The number of nitrogens with one attached hydrogen (secondary N) is 1. The van der Waals surface area contributed by atoms with Crippen LogP contribution >= 0.6 is 12.2 Å². The SMILES string of the molecule is CC1(n2c(=S)[nH]c3cc(C(F)(F)F)ccc32)CCOCC1. The van der Waals surface area contributed by atoms with Crippen molar-refractivity contribution in [3.05, 3.63) is 28.5 Å². The summed E-state index contributed by atoms with van der Waals surface area (Å²) in [6, 6.07) is 3.71. The summed E-state index contributed by atoms with van der Waals surface area (Å²) >= 11 is 5.33. The van der Waals surface area contributed by atoms with Gasteiger partial charge in [-0.25, -0.2) is 0 Å². The highest BCUT2D eigenvalue weighted by molar-refractivity contribution is 7.71. The quantitative estimate of drug-likeness (QED) is 0.797. The van der Waals surface area contributed by atoms with Crippen molar-refractivity contribution in [3.63, 3.8) is 0 Å². The highest BCUT2D eigenvalue weighted by Crippen LogP contribution is 2.35. The standard InChI is InChI=1S/C14H15F3N2OS/c1-13(4-6-20-7-5-13)19-11-3-2-9(14(15,16)17)8-10(11)18-12(19)21/h2-3,8H,4-7H2,1H3,(H,18,21). The number of alkyl halides is 3. The molecular weight excluding hydrogens is 301 g/mol. The van der Waals surface area contributed by atoms with Crippen LogP contribution < -0.4 is 0 Å². The lowest BCUT2D eigenvalue weighted by atomic mass is 9.92. The molecule has 114 valence electrons. The lowest BCUT2D eigenvalue weighted by Gasteiger charge is -2.35. The number of aromatic amines is 1. The number of H-pyrrole nitrogens is 1. The molecular formula is C14H15F3N2OS. The summed E-state index contributed by atoms with van der Waals surface area (Å²) in [6.07, 6.45) is -2.78. The average Bonchev–Trinajstić information content (AvgIpc) is 2.74. The zero-order valence-electron chi connectivity index (χ0n) is 11.5. The molecule has 1 N–H and O–H groups in total. The fourth-order valence-corrected chi connectivity index (χ4v) is 3.29. The minimum absolute atomic E-state index is 0.229. The number of nitrogens with zero attached hydrogens (tertiary/aromatic N) is 1.